The van der Waals surface area contributed by atoms with Crippen molar-refractivity contribution in [2.75, 3.05) is 0 Å². The lowest BCUT2D eigenvalue weighted by atomic mass is 10.0. The Labute approximate surface area is 157 Å². The van der Waals surface area contributed by atoms with Gasteiger partial charge in [-0.25, -0.2) is 0 Å². The minimum absolute atomic E-state index is 0.0461. The van der Waals surface area contributed by atoms with E-state index in [1.807, 2.05) is 20.8 Å². The van der Waals surface area contributed by atoms with Crippen LogP contribution < -0.4 is 0 Å². The van der Waals surface area contributed by atoms with Gasteiger partial charge in [0, 0.05) is 16.5 Å². The number of benzene rings is 2. The Morgan fingerprint density at radius 2 is 1.81 bits per heavy atom. The third-order valence-electron chi connectivity index (χ3n) is 3.83. The lowest BCUT2D eigenvalue weighted by molar-refractivity contribution is -0.137. The van der Waals surface area contributed by atoms with E-state index in [0.717, 1.165) is 12.1 Å². The molecule has 0 bridgehead atoms. The van der Waals surface area contributed by atoms with Gasteiger partial charge < -0.3 is 9.08 Å². The molecule has 2 aromatic carbocycles. The van der Waals surface area contributed by atoms with Crippen LogP contribution in [0.1, 0.15) is 31.9 Å². The summed E-state index contributed by atoms with van der Waals surface area (Å²) in [6.45, 7) is 5.45. The Balaban J connectivity index is 2.04. The molecule has 3 aromatic rings. The molecular formula is C19H17F3N2O2S. The zero-order valence-electron chi connectivity index (χ0n) is 14.9. The van der Waals surface area contributed by atoms with Crippen LogP contribution in [-0.2, 0) is 17.5 Å². The molecule has 3 rings (SSSR count). The highest BCUT2D eigenvalue weighted by Gasteiger charge is 2.31. The predicted octanol–water partition coefficient (Wildman–Crippen LogP) is 5.39. The van der Waals surface area contributed by atoms with Crippen molar-refractivity contribution in [3.8, 4) is 11.3 Å². The van der Waals surface area contributed by atoms with Gasteiger partial charge in [-0.05, 0) is 39.0 Å². The fourth-order valence-corrected chi connectivity index (χ4v) is 2.92. The van der Waals surface area contributed by atoms with Crippen LogP contribution in [0.5, 0.6) is 0 Å². The first-order valence-corrected chi connectivity index (χ1v) is 9.20. The van der Waals surface area contributed by atoms with Crippen LogP contribution in [0, 0.1) is 0 Å². The largest absolute Gasteiger partial charge is 0.591 e. The van der Waals surface area contributed by atoms with Gasteiger partial charge >= 0.3 is 6.18 Å². The van der Waals surface area contributed by atoms with E-state index in [-0.39, 0.29) is 5.58 Å². The number of fused-ring (bicyclic) bond motifs is 1. The molecule has 0 radical (unpaired) electrons. The summed E-state index contributed by atoms with van der Waals surface area (Å²) >= 11 is -1.43. The Morgan fingerprint density at radius 1 is 1.11 bits per heavy atom. The molecule has 27 heavy (non-hydrogen) atoms. The average Bonchev–Trinajstić information content (AvgIpc) is 3.01. The molecule has 1 heterocycles. The van der Waals surface area contributed by atoms with Crippen molar-refractivity contribution in [1.29, 1.82) is 0 Å². The number of halogens is 3. The van der Waals surface area contributed by atoms with E-state index in [1.54, 1.807) is 24.3 Å². The molecule has 0 N–H and O–H groups in total. The Kier molecular flexibility index (Phi) is 5.05. The van der Waals surface area contributed by atoms with Crippen molar-refractivity contribution in [1.82, 2.24) is 5.16 Å². The van der Waals surface area contributed by atoms with Crippen molar-refractivity contribution in [3.63, 3.8) is 0 Å². The normalized spacial score (nSPS) is 14.2. The van der Waals surface area contributed by atoms with Crippen LogP contribution in [0.3, 0.4) is 0 Å². The highest BCUT2D eigenvalue weighted by atomic mass is 32.2. The highest BCUT2D eigenvalue weighted by Crippen LogP contribution is 2.35. The molecule has 0 aliphatic rings. The first-order chi connectivity index (χ1) is 12.6. The minimum Gasteiger partial charge on any atom is -0.591 e. The first-order valence-electron chi connectivity index (χ1n) is 8.09. The fraction of sp³-hybridized carbons (Fsp3) is 0.263. The van der Waals surface area contributed by atoms with Crippen LogP contribution in [0.15, 0.2) is 51.4 Å². The molecule has 0 saturated heterocycles. The minimum atomic E-state index is -4.46. The van der Waals surface area contributed by atoms with Gasteiger partial charge in [0.2, 0.25) is 0 Å². The smallest absolute Gasteiger partial charge is 0.416 e. The summed E-state index contributed by atoms with van der Waals surface area (Å²) in [6.07, 6.45) is -2.97. The van der Waals surface area contributed by atoms with Crippen molar-refractivity contribution in [2.24, 2.45) is 4.40 Å². The van der Waals surface area contributed by atoms with E-state index < -0.39 is 27.8 Å². The molecule has 1 atom stereocenters. The average molecular weight is 394 g/mol. The second-order valence-electron chi connectivity index (χ2n) is 6.92. The van der Waals surface area contributed by atoms with Crippen molar-refractivity contribution in [2.45, 2.75) is 31.7 Å². The Hall–Kier alpha value is -2.32. The number of hydrogen-bond acceptors (Lipinski definition) is 4. The third kappa shape index (κ3) is 4.17. The molecule has 0 unspecified atom stereocenters. The standard InChI is InChI=1S/C19H17F3N2O2S/c1-18(2,3)27(25)23-11-12-6-4-5-7-14(12)17-15-9-8-13(19(20,21)22)10-16(15)26-24-17/h4-11H,1-3H3/t27-/m0/s1. The summed E-state index contributed by atoms with van der Waals surface area (Å²) in [4.78, 5) is 0. The first kappa shape index (κ1) is 19.4. The van der Waals surface area contributed by atoms with Gasteiger partial charge in [0.1, 0.15) is 21.8 Å². The molecule has 0 aliphatic heterocycles. The molecule has 0 saturated carbocycles. The van der Waals surface area contributed by atoms with Crippen molar-refractivity contribution >= 4 is 28.5 Å². The maximum absolute atomic E-state index is 12.9. The molecule has 1 aromatic heterocycles. The van der Waals surface area contributed by atoms with Gasteiger partial charge in [-0.1, -0.05) is 33.8 Å². The molecule has 142 valence electrons. The summed E-state index contributed by atoms with van der Waals surface area (Å²) < 4.78 is 59.5. The maximum atomic E-state index is 12.9. The summed E-state index contributed by atoms with van der Waals surface area (Å²) in [7, 11) is 0. The third-order valence-corrected chi connectivity index (χ3v) is 5.17. The maximum Gasteiger partial charge on any atom is 0.416 e. The summed E-state index contributed by atoms with van der Waals surface area (Å²) in [5.74, 6) is 0. The zero-order valence-corrected chi connectivity index (χ0v) is 15.7. The molecule has 0 fully saturated rings. The highest BCUT2D eigenvalue weighted by molar-refractivity contribution is 7.91. The van der Waals surface area contributed by atoms with Crippen LogP contribution >= 0.6 is 0 Å². The monoisotopic (exact) mass is 394 g/mol. The molecule has 4 nitrogen and oxygen atoms in total. The van der Waals surface area contributed by atoms with E-state index in [9.17, 15) is 17.7 Å². The summed E-state index contributed by atoms with van der Waals surface area (Å²) in [5.41, 5.74) is 0.927. The number of aromatic nitrogens is 1. The molecule has 8 heteroatoms. The van der Waals surface area contributed by atoms with E-state index in [1.165, 1.54) is 12.3 Å². The summed E-state index contributed by atoms with van der Waals surface area (Å²) in [5, 5.41) is 4.40. The Bertz CT molecular complexity index is 991. The van der Waals surface area contributed by atoms with Crippen molar-refractivity contribution < 1.29 is 22.2 Å². The van der Waals surface area contributed by atoms with Crippen LogP contribution in [0.2, 0.25) is 0 Å². The lowest BCUT2D eigenvalue weighted by Crippen LogP contribution is -2.25. The number of alkyl halides is 3. The topological polar surface area (TPSA) is 61.5 Å². The van der Waals surface area contributed by atoms with Crippen LogP contribution in [0.4, 0.5) is 13.2 Å². The second-order valence-corrected chi connectivity index (χ2v) is 8.86. The van der Waals surface area contributed by atoms with Gasteiger partial charge in [-0.3, -0.25) is 0 Å². The van der Waals surface area contributed by atoms with Crippen molar-refractivity contribution in [3.05, 3.63) is 53.6 Å². The van der Waals surface area contributed by atoms with E-state index in [0.29, 0.717) is 22.2 Å². The molecule has 0 amide bonds. The predicted molar refractivity (Wildman–Crippen MR) is 99.9 cm³/mol. The van der Waals surface area contributed by atoms with E-state index in [2.05, 4.69) is 9.55 Å². The summed E-state index contributed by atoms with van der Waals surface area (Å²) in [6, 6.07) is 10.4. The second kappa shape index (κ2) is 7.01. The zero-order chi connectivity index (χ0) is 19.8. The lowest BCUT2D eigenvalue weighted by Gasteiger charge is -2.17. The van der Waals surface area contributed by atoms with Gasteiger partial charge in [0.25, 0.3) is 0 Å². The Morgan fingerprint density at radius 3 is 2.48 bits per heavy atom. The molecule has 0 aliphatic carbocycles. The van der Waals surface area contributed by atoms with Crippen LogP contribution in [-0.4, -0.2) is 20.7 Å². The van der Waals surface area contributed by atoms with E-state index >= 15 is 0 Å². The quantitative estimate of drug-likeness (QED) is 0.442. The van der Waals surface area contributed by atoms with E-state index in [4.69, 9.17) is 4.52 Å². The SMILES string of the molecule is CC(C)(C)[S@+]([O-])N=Cc1ccccc1-c1noc2cc(C(F)(F)F)ccc12. The fourth-order valence-electron chi connectivity index (χ4n) is 2.40. The molecular weight excluding hydrogens is 377 g/mol. The van der Waals surface area contributed by atoms with Gasteiger partial charge in [-0.15, -0.1) is 0 Å². The van der Waals surface area contributed by atoms with Gasteiger partial charge in [-0.2, -0.15) is 13.2 Å². The number of hydrogen-bond donors (Lipinski definition) is 0. The van der Waals surface area contributed by atoms with Gasteiger partial charge in [0.15, 0.2) is 5.58 Å². The van der Waals surface area contributed by atoms with Crippen LogP contribution in [0.25, 0.3) is 22.2 Å². The number of rotatable bonds is 3. The number of nitrogens with zero attached hydrogens (tertiary/aromatic N) is 2. The molecule has 0 spiro atoms. The van der Waals surface area contributed by atoms with Gasteiger partial charge in [0.05, 0.1) is 11.8 Å².